The van der Waals surface area contributed by atoms with Gasteiger partial charge >= 0.3 is 12.1 Å². The molecule has 1 atom stereocenters. The van der Waals surface area contributed by atoms with Crippen molar-refractivity contribution in [2.45, 2.75) is 49.4 Å². The second kappa shape index (κ2) is 16.4. The third kappa shape index (κ3) is 10.5. The highest BCUT2D eigenvalue weighted by Gasteiger charge is 2.38. The molecule has 2 aromatic carbocycles. The number of anilines is 1. The lowest BCUT2D eigenvalue weighted by atomic mass is 10.0. The van der Waals surface area contributed by atoms with Crippen LogP contribution in [0.25, 0.3) is 10.4 Å². The van der Waals surface area contributed by atoms with Crippen LogP contribution in [0.4, 0.5) is 18.9 Å². The maximum absolute atomic E-state index is 13.7. The molecule has 0 spiro atoms. The van der Waals surface area contributed by atoms with Gasteiger partial charge in [0.25, 0.3) is 0 Å². The van der Waals surface area contributed by atoms with Crippen LogP contribution in [0, 0.1) is 5.41 Å². The molecule has 0 bridgehead atoms. The topological polar surface area (TPSA) is 192 Å². The van der Waals surface area contributed by atoms with Crippen molar-refractivity contribution in [2.75, 3.05) is 25.5 Å². The summed E-state index contributed by atoms with van der Waals surface area (Å²) in [7, 11) is -2.17. The molecular weight excluding hydrogens is 699 g/mol. The van der Waals surface area contributed by atoms with Gasteiger partial charge in [-0.2, -0.15) is 17.5 Å². The first kappa shape index (κ1) is 38.4. The Morgan fingerprint density at radius 2 is 1.71 bits per heavy atom. The van der Waals surface area contributed by atoms with Crippen LogP contribution < -0.4 is 16.4 Å². The van der Waals surface area contributed by atoms with Crippen molar-refractivity contribution in [1.82, 2.24) is 9.62 Å². The van der Waals surface area contributed by atoms with E-state index >= 15 is 0 Å². The molecule has 0 aliphatic carbocycles. The van der Waals surface area contributed by atoms with Gasteiger partial charge in [0.2, 0.25) is 21.8 Å². The Morgan fingerprint density at radius 3 is 2.21 bits per heavy atom. The molecule has 4 rings (SSSR count). The van der Waals surface area contributed by atoms with Gasteiger partial charge in [0.05, 0.1) is 21.4 Å². The van der Waals surface area contributed by atoms with Crippen LogP contribution in [0.1, 0.15) is 43.4 Å². The normalized spacial score (nSPS) is 14.7. The van der Waals surface area contributed by atoms with E-state index in [9.17, 15) is 31.2 Å². The number of rotatable bonds is 10. The molecule has 48 heavy (non-hydrogen) atoms. The molecule has 12 nitrogen and oxygen atoms in total. The number of nitrogens with zero attached hydrogens (tertiary/aromatic N) is 1. The zero-order chi connectivity index (χ0) is 35.8. The summed E-state index contributed by atoms with van der Waals surface area (Å²) in [4.78, 5) is 34.8. The smallest absolute Gasteiger partial charge is 0.475 e. The van der Waals surface area contributed by atoms with Crippen molar-refractivity contribution in [3.05, 3.63) is 70.1 Å². The molecule has 3 aromatic rings. The average molecular weight is 732 g/mol. The third-order valence-corrected chi connectivity index (χ3v) is 10.3. The summed E-state index contributed by atoms with van der Waals surface area (Å²) in [5.74, 6) is -3.84. The number of methoxy groups -OCH3 is 1. The molecule has 2 heterocycles. The first-order valence-corrected chi connectivity index (χ1v) is 16.8. The molecule has 1 aliphatic heterocycles. The maximum Gasteiger partial charge on any atom is 0.490 e. The molecule has 1 aromatic heterocycles. The molecular formula is C30H33ClF3N5O7S2. The summed E-state index contributed by atoms with van der Waals surface area (Å²) < 4.78 is 66.5. The van der Waals surface area contributed by atoms with Gasteiger partial charge in [-0.25, -0.2) is 13.2 Å². The van der Waals surface area contributed by atoms with Crippen molar-refractivity contribution >= 4 is 62.3 Å². The zero-order valence-electron chi connectivity index (χ0n) is 25.6. The maximum atomic E-state index is 13.7. The Hall–Kier alpha value is -4.03. The highest BCUT2D eigenvalue weighted by atomic mass is 35.5. The number of carboxylic acids is 1. The van der Waals surface area contributed by atoms with Crippen LogP contribution in [-0.4, -0.2) is 73.9 Å². The van der Waals surface area contributed by atoms with Crippen molar-refractivity contribution in [1.29, 1.82) is 5.41 Å². The van der Waals surface area contributed by atoms with Crippen LogP contribution in [-0.2, 0) is 29.1 Å². The number of piperidine rings is 1. The Labute approximate surface area is 283 Å². The highest BCUT2D eigenvalue weighted by molar-refractivity contribution is 7.89. The predicted octanol–water partition coefficient (Wildman–Crippen LogP) is 4.99. The van der Waals surface area contributed by atoms with E-state index in [0.29, 0.717) is 57.5 Å². The van der Waals surface area contributed by atoms with Gasteiger partial charge in [0.15, 0.2) is 0 Å². The number of benzene rings is 2. The van der Waals surface area contributed by atoms with Crippen LogP contribution in [0.2, 0.25) is 4.34 Å². The number of nitrogens with one attached hydrogen (secondary N) is 3. The van der Waals surface area contributed by atoms with Crippen molar-refractivity contribution in [3.8, 4) is 10.4 Å². The number of amides is 2. The molecule has 260 valence electrons. The Morgan fingerprint density at radius 1 is 1.10 bits per heavy atom. The number of carbonyl (C=O) groups excluding carboxylic acids is 2. The molecule has 1 unspecified atom stereocenters. The van der Waals surface area contributed by atoms with Crippen molar-refractivity contribution in [3.63, 3.8) is 0 Å². The zero-order valence-corrected chi connectivity index (χ0v) is 28.0. The minimum absolute atomic E-state index is 0.0400. The van der Waals surface area contributed by atoms with Crippen LogP contribution >= 0.6 is 22.9 Å². The number of thiophene rings is 1. The number of alkyl halides is 3. The van der Waals surface area contributed by atoms with Gasteiger partial charge in [-0.05, 0) is 73.9 Å². The summed E-state index contributed by atoms with van der Waals surface area (Å²) in [6.07, 6.45) is -4.21. The van der Waals surface area contributed by atoms with E-state index in [4.69, 9.17) is 37.4 Å². The van der Waals surface area contributed by atoms with Crippen LogP contribution in [0.15, 0.2) is 59.5 Å². The molecule has 2 amide bonds. The molecule has 1 aliphatic rings. The Bertz CT molecular complexity index is 1740. The summed E-state index contributed by atoms with van der Waals surface area (Å²) in [6.45, 7) is 2.49. The third-order valence-electron chi connectivity index (χ3n) is 7.12. The molecule has 0 radical (unpaired) electrons. The summed E-state index contributed by atoms with van der Waals surface area (Å²) >= 11 is 7.46. The summed E-state index contributed by atoms with van der Waals surface area (Å²) in [5, 5.41) is 20.0. The molecule has 6 N–H and O–H groups in total. The first-order valence-electron chi connectivity index (χ1n) is 14.2. The number of nitrogens with two attached hydrogens (primary N) is 1. The van der Waals surface area contributed by atoms with Gasteiger partial charge < -0.3 is 26.2 Å². The number of sulfonamides is 1. The number of hydrogen-bond donors (Lipinski definition) is 5. The lowest BCUT2D eigenvalue weighted by molar-refractivity contribution is -0.192. The fourth-order valence-electron chi connectivity index (χ4n) is 4.60. The fourth-order valence-corrected chi connectivity index (χ4v) is 7.40. The average Bonchev–Trinajstić information content (AvgIpc) is 3.46. The molecule has 18 heteroatoms. The second-order valence-electron chi connectivity index (χ2n) is 10.5. The lowest BCUT2D eigenvalue weighted by Gasteiger charge is -2.31. The number of halogens is 4. The van der Waals surface area contributed by atoms with Crippen LogP contribution in [0.3, 0.4) is 0 Å². The molecule has 1 fully saturated rings. The Kier molecular flexibility index (Phi) is 13.1. The van der Waals surface area contributed by atoms with Crippen LogP contribution in [0.5, 0.6) is 0 Å². The monoisotopic (exact) mass is 731 g/mol. The minimum atomic E-state index is -5.08. The number of carbonyl (C=O) groups is 3. The minimum Gasteiger partial charge on any atom is -0.475 e. The van der Waals surface area contributed by atoms with Gasteiger partial charge in [-0.1, -0.05) is 17.7 Å². The molecule has 0 saturated carbocycles. The SMILES string of the molecule is COC1CCN(S(=O)(=O)c2ccc(C(C)NC(=O)CC(=O)Nc3ccc(C(=N)N)cc3)cc2-c2ccc(Cl)s2)CC1.O=C(O)C(F)(F)F. The number of ether oxygens (including phenoxy) is 1. The van der Waals surface area contributed by atoms with Gasteiger partial charge in [0.1, 0.15) is 12.3 Å². The van der Waals surface area contributed by atoms with Crippen molar-refractivity contribution in [2.24, 2.45) is 5.73 Å². The van der Waals surface area contributed by atoms with E-state index in [2.05, 4.69) is 10.6 Å². The molecule has 1 saturated heterocycles. The van der Waals surface area contributed by atoms with E-state index < -0.39 is 46.4 Å². The lowest BCUT2D eigenvalue weighted by Crippen LogP contribution is -2.40. The van der Waals surface area contributed by atoms with E-state index in [0.717, 1.165) is 0 Å². The highest BCUT2D eigenvalue weighted by Crippen LogP contribution is 2.38. The van der Waals surface area contributed by atoms with E-state index in [1.165, 1.54) is 15.6 Å². The summed E-state index contributed by atoms with van der Waals surface area (Å²) in [6, 6.07) is 14.4. The van der Waals surface area contributed by atoms with E-state index in [1.807, 2.05) is 0 Å². The number of amidine groups is 1. The number of carboxylic acid groups (broad SMARTS) is 1. The largest absolute Gasteiger partial charge is 0.490 e. The first-order chi connectivity index (χ1) is 22.4. The standard InChI is InChI=1S/C28H32ClN5O5S2.C2HF3O2/c1-17(32-26(35)16-27(36)33-20-6-3-18(4-7-20)28(30)31)19-5-9-24(22(15-19)23-8-10-25(29)40-23)41(37,38)34-13-11-21(39-2)12-14-34;3-2(4,5)1(6)7/h3-10,15,17,21H,11-14,16H2,1-2H3,(H3,30,31)(H,32,35)(H,33,36);(H,6,7). The number of aliphatic carboxylic acids is 1. The van der Waals surface area contributed by atoms with Gasteiger partial charge in [0, 0.05) is 41.9 Å². The van der Waals surface area contributed by atoms with E-state index in [-0.39, 0.29) is 16.8 Å². The quantitative estimate of drug-likeness (QED) is 0.109. The number of nitrogen functional groups attached to an aromatic ring is 1. The van der Waals surface area contributed by atoms with Gasteiger partial charge in [-0.15, -0.1) is 11.3 Å². The second-order valence-corrected chi connectivity index (χ2v) is 14.1. The number of hydrogen-bond acceptors (Lipinski definition) is 8. The summed E-state index contributed by atoms with van der Waals surface area (Å²) in [5.41, 5.74) is 7.62. The Balaban J connectivity index is 0.000000804. The van der Waals surface area contributed by atoms with Crippen molar-refractivity contribution < 1.29 is 45.8 Å². The predicted molar refractivity (Wildman–Crippen MR) is 175 cm³/mol. The van der Waals surface area contributed by atoms with Gasteiger partial charge in [-0.3, -0.25) is 15.0 Å². The van der Waals surface area contributed by atoms with E-state index in [1.54, 1.807) is 68.6 Å². The fraction of sp³-hybridized carbons (Fsp3) is 0.333.